The molecule has 2 heterocycles. The van der Waals surface area contributed by atoms with Gasteiger partial charge in [-0.1, -0.05) is 0 Å². The van der Waals surface area contributed by atoms with E-state index in [-0.39, 0.29) is 11.8 Å². The zero-order valence-electron chi connectivity index (χ0n) is 11.8. The maximum absolute atomic E-state index is 12.0. The van der Waals surface area contributed by atoms with E-state index in [4.69, 9.17) is 9.47 Å². The van der Waals surface area contributed by atoms with E-state index in [1.54, 1.807) is 7.11 Å². The molecule has 2 N–H and O–H groups in total. The lowest BCUT2D eigenvalue weighted by atomic mass is 9.88. The fourth-order valence-electron chi connectivity index (χ4n) is 3.03. The van der Waals surface area contributed by atoms with Gasteiger partial charge in [-0.3, -0.25) is 4.79 Å². The molecule has 1 amide bonds. The average molecular weight is 270 g/mol. The zero-order valence-corrected chi connectivity index (χ0v) is 11.8. The molecule has 2 rings (SSSR count). The Hall–Kier alpha value is -0.650. The summed E-state index contributed by atoms with van der Waals surface area (Å²) >= 11 is 0. The highest BCUT2D eigenvalue weighted by Crippen LogP contribution is 2.33. The van der Waals surface area contributed by atoms with Gasteiger partial charge in [-0.25, -0.2) is 0 Å². The Labute approximate surface area is 115 Å². The van der Waals surface area contributed by atoms with Gasteiger partial charge >= 0.3 is 0 Å². The number of ether oxygens (including phenoxy) is 2. The van der Waals surface area contributed by atoms with Crippen LogP contribution < -0.4 is 10.6 Å². The van der Waals surface area contributed by atoms with E-state index in [1.165, 1.54) is 6.42 Å². The highest BCUT2D eigenvalue weighted by atomic mass is 16.5. The van der Waals surface area contributed by atoms with Crippen molar-refractivity contribution >= 4 is 5.91 Å². The van der Waals surface area contributed by atoms with Crippen molar-refractivity contribution in [3.63, 3.8) is 0 Å². The predicted octanol–water partition coefficient (Wildman–Crippen LogP) is 0.686. The number of unbranched alkanes of at least 4 members (excludes halogenated alkanes) is 1. The SMILES string of the molecule is COCCOCCCCNC(=O)C1CC2CCC1N2. The number of methoxy groups -OCH3 is 1. The Morgan fingerprint density at radius 1 is 1.26 bits per heavy atom. The molecule has 2 aliphatic rings. The molecule has 5 heteroatoms. The van der Waals surface area contributed by atoms with Crippen LogP contribution in [0, 0.1) is 5.92 Å². The first-order chi connectivity index (χ1) is 9.31. The number of hydrogen-bond donors (Lipinski definition) is 2. The monoisotopic (exact) mass is 270 g/mol. The van der Waals surface area contributed by atoms with Crippen LogP contribution in [-0.4, -0.2) is 51.5 Å². The average Bonchev–Trinajstić information content (AvgIpc) is 3.04. The smallest absolute Gasteiger partial charge is 0.224 e. The highest BCUT2D eigenvalue weighted by molar-refractivity contribution is 5.80. The predicted molar refractivity (Wildman–Crippen MR) is 73.0 cm³/mol. The molecule has 2 bridgehead atoms. The Morgan fingerprint density at radius 3 is 2.84 bits per heavy atom. The summed E-state index contributed by atoms with van der Waals surface area (Å²) in [6, 6.07) is 1.03. The van der Waals surface area contributed by atoms with E-state index in [9.17, 15) is 4.79 Å². The van der Waals surface area contributed by atoms with Crippen molar-refractivity contribution in [1.29, 1.82) is 0 Å². The fourth-order valence-corrected chi connectivity index (χ4v) is 3.03. The topological polar surface area (TPSA) is 59.6 Å². The van der Waals surface area contributed by atoms with Gasteiger partial charge in [0.25, 0.3) is 0 Å². The first-order valence-corrected chi connectivity index (χ1v) is 7.41. The van der Waals surface area contributed by atoms with E-state index < -0.39 is 0 Å². The van der Waals surface area contributed by atoms with Gasteiger partial charge in [0.05, 0.1) is 19.1 Å². The summed E-state index contributed by atoms with van der Waals surface area (Å²) in [5, 5.41) is 6.55. The van der Waals surface area contributed by atoms with Crippen molar-refractivity contribution in [1.82, 2.24) is 10.6 Å². The molecule has 2 fully saturated rings. The minimum Gasteiger partial charge on any atom is -0.382 e. The van der Waals surface area contributed by atoms with E-state index >= 15 is 0 Å². The van der Waals surface area contributed by atoms with Gasteiger partial charge in [0.2, 0.25) is 5.91 Å². The van der Waals surface area contributed by atoms with Crippen molar-refractivity contribution in [2.75, 3.05) is 33.5 Å². The van der Waals surface area contributed by atoms with Crippen LogP contribution in [0.25, 0.3) is 0 Å². The molecule has 0 aromatic carbocycles. The zero-order chi connectivity index (χ0) is 13.5. The number of hydrogen-bond acceptors (Lipinski definition) is 4. The van der Waals surface area contributed by atoms with Crippen LogP contribution in [0.3, 0.4) is 0 Å². The highest BCUT2D eigenvalue weighted by Gasteiger charge is 2.42. The summed E-state index contributed by atoms with van der Waals surface area (Å²) < 4.78 is 10.3. The van der Waals surface area contributed by atoms with E-state index in [0.717, 1.165) is 38.8 Å². The quantitative estimate of drug-likeness (QED) is 0.605. The normalized spacial score (nSPS) is 28.8. The van der Waals surface area contributed by atoms with Crippen LogP contribution in [0.2, 0.25) is 0 Å². The lowest BCUT2D eigenvalue weighted by molar-refractivity contribution is -0.125. The second-order valence-electron chi connectivity index (χ2n) is 5.49. The minimum atomic E-state index is 0.205. The van der Waals surface area contributed by atoms with Crippen LogP contribution in [0.1, 0.15) is 32.1 Å². The number of carbonyl (C=O) groups is 1. The summed E-state index contributed by atoms with van der Waals surface area (Å²) in [5.41, 5.74) is 0. The molecule has 19 heavy (non-hydrogen) atoms. The molecule has 0 aliphatic carbocycles. The maximum Gasteiger partial charge on any atom is 0.224 e. The Morgan fingerprint density at radius 2 is 2.16 bits per heavy atom. The standard InChI is InChI=1S/C14H26N2O3/c1-18-8-9-19-7-3-2-6-15-14(17)12-10-11-4-5-13(12)16-11/h11-13,16H,2-10H2,1H3,(H,15,17). The second kappa shape index (κ2) is 7.82. The van der Waals surface area contributed by atoms with Crippen LogP contribution in [-0.2, 0) is 14.3 Å². The molecule has 0 spiro atoms. The minimum absolute atomic E-state index is 0.205. The van der Waals surface area contributed by atoms with Crippen molar-refractivity contribution < 1.29 is 14.3 Å². The van der Waals surface area contributed by atoms with Gasteiger partial charge in [-0.05, 0) is 32.1 Å². The summed E-state index contributed by atoms with van der Waals surface area (Å²) in [7, 11) is 1.67. The third-order valence-electron chi connectivity index (χ3n) is 4.08. The Kier molecular flexibility index (Phi) is 6.07. The summed E-state index contributed by atoms with van der Waals surface area (Å²) in [4.78, 5) is 12.0. The molecular weight excluding hydrogens is 244 g/mol. The number of rotatable bonds is 9. The van der Waals surface area contributed by atoms with Gasteiger partial charge in [0, 0.05) is 32.3 Å². The molecule has 0 aromatic heterocycles. The number of carbonyl (C=O) groups excluding carboxylic acids is 1. The number of amides is 1. The van der Waals surface area contributed by atoms with Crippen molar-refractivity contribution in [2.45, 2.75) is 44.2 Å². The van der Waals surface area contributed by atoms with Crippen LogP contribution >= 0.6 is 0 Å². The first-order valence-electron chi connectivity index (χ1n) is 7.41. The second-order valence-corrected chi connectivity index (χ2v) is 5.49. The van der Waals surface area contributed by atoms with Gasteiger partial charge in [-0.15, -0.1) is 0 Å². The molecule has 3 unspecified atom stereocenters. The molecule has 2 aliphatic heterocycles. The van der Waals surface area contributed by atoms with E-state index in [2.05, 4.69) is 10.6 Å². The Balaban J connectivity index is 1.46. The van der Waals surface area contributed by atoms with Crippen molar-refractivity contribution in [3.8, 4) is 0 Å². The maximum atomic E-state index is 12.0. The van der Waals surface area contributed by atoms with E-state index in [1.807, 2.05) is 0 Å². The largest absolute Gasteiger partial charge is 0.382 e. The molecule has 110 valence electrons. The molecular formula is C14H26N2O3. The summed E-state index contributed by atoms with van der Waals surface area (Å²) in [5.74, 6) is 0.441. The lowest BCUT2D eigenvalue weighted by Gasteiger charge is -2.19. The molecule has 5 nitrogen and oxygen atoms in total. The van der Waals surface area contributed by atoms with Crippen LogP contribution in [0.4, 0.5) is 0 Å². The first kappa shape index (κ1) is 14.8. The molecule has 0 radical (unpaired) electrons. The molecule has 2 saturated heterocycles. The van der Waals surface area contributed by atoms with Crippen molar-refractivity contribution in [2.24, 2.45) is 5.92 Å². The van der Waals surface area contributed by atoms with Crippen molar-refractivity contribution in [3.05, 3.63) is 0 Å². The molecule has 0 aromatic rings. The van der Waals surface area contributed by atoms with Gasteiger partial charge in [0.1, 0.15) is 0 Å². The van der Waals surface area contributed by atoms with Gasteiger partial charge in [-0.2, -0.15) is 0 Å². The van der Waals surface area contributed by atoms with Gasteiger partial charge in [0.15, 0.2) is 0 Å². The summed E-state index contributed by atoms with van der Waals surface area (Å²) in [6.07, 6.45) is 5.39. The van der Waals surface area contributed by atoms with Crippen LogP contribution in [0.15, 0.2) is 0 Å². The molecule has 3 atom stereocenters. The lowest BCUT2D eigenvalue weighted by Crippen LogP contribution is -2.37. The number of fused-ring (bicyclic) bond motifs is 2. The van der Waals surface area contributed by atoms with E-state index in [0.29, 0.717) is 25.3 Å². The fraction of sp³-hybridized carbons (Fsp3) is 0.929. The third-order valence-corrected chi connectivity index (χ3v) is 4.08. The molecule has 0 saturated carbocycles. The number of nitrogens with one attached hydrogen (secondary N) is 2. The van der Waals surface area contributed by atoms with Gasteiger partial charge < -0.3 is 20.1 Å². The van der Waals surface area contributed by atoms with Crippen LogP contribution in [0.5, 0.6) is 0 Å². The summed E-state index contributed by atoms with van der Waals surface area (Å²) in [6.45, 7) is 2.81. The Bertz CT molecular complexity index is 286. The third kappa shape index (κ3) is 4.44.